The van der Waals surface area contributed by atoms with Crippen molar-refractivity contribution in [1.82, 2.24) is 0 Å². The van der Waals surface area contributed by atoms with Crippen molar-refractivity contribution < 1.29 is 14.6 Å². The van der Waals surface area contributed by atoms with Crippen molar-refractivity contribution in [3.63, 3.8) is 0 Å². The van der Waals surface area contributed by atoms with E-state index in [4.69, 9.17) is 4.74 Å². The van der Waals surface area contributed by atoms with Crippen molar-refractivity contribution in [2.45, 2.75) is 33.6 Å². The van der Waals surface area contributed by atoms with E-state index in [0.717, 1.165) is 12.8 Å². The summed E-state index contributed by atoms with van der Waals surface area (Å²) in [4.78, 5) is 11.4. The van der Waals surface area contributed by atoms with Crippen LogP contribution in [0.15, 0.2) is 18.2 Å². The first-order valence-electron chi connectivity index (χ1n) is 6.02. The van der Waals surface area contributed by atoms with Gasteiger partial charge in [-0.05, 0) is 31.4 Å². The Morgan fingerprint density at radius 3 is 2.76 bits per heavy atom. The summed E-state index contributed by atoms with van der Waals surface area (Å²) in [7, 11) is 0. The van der Waals surface area contributed by atoms with E-state index in [9.17, 15) is 9.90 Å². The van der Waals surface area contributed by atoms with E-state index in [2.05, 4.69) is 13.8 Å². The average molecular weight is 236 g/mol. The van der Waals surface area contributed by atoms with Crippen LogP contribution in [-0.4, -0.2) is 17.5 Å². The molecule has 0 aliphatic carbocycles. The van der Waals surface area contributed by atoms with Crippen molar-refractivity contribution in [3.05, 3.63) is 23.8 Å². The molecule has 94 valence electrons. The topological polar surface area (TPSA) is 46.5 Å². The number of rotatable bonds is 6. The Morgan fingerprint density at radius 2 is 2.18 bits per heavy atom. The predicted molar refractivity (Wildman–Crippen MR) is 67.7 cm³/mol. The fourth-order valence-corrected chi connectivity index (χ4v) is 1.57. The van der Waals surface area contributed by atoms with Gasteiger partial charge in [0, 0.05) is 0 Å². The molecule has 0 saturated heterocycles. The number of aromatic hydroxyl groups is 1. The fourth-order valence-electron chi connectivity index (χ4n) is 1.57. The Balaban J connectivity index is 2.71. The van der Waals surface area contributed by atoms with Gasteiger partial charge in [-0.2, -0.15) is 0 Å². The van der Waals surface area contributed by atoms with Gasteiger partial charge in [0.25, 0.3) is 0 Å². The molecule has 1 atom stereocenters. The van der Waals surface area contributed by atoms with Gasteiger partial charge in [-0.3, -0.25) is 4.79 Å². The number of ketones is 1. The first-order chi connectivity index (χ1) is 8.06. The monoisotopic (exact) mass is 236 g/mol. The van der Waals surface area contributed by atoms with Crippen LogP contribution in [0.2, 0.25) is 0 Å². The summed E-state index contributed by atoms with van der Waals surface area (Å²) in [6.45, 7) is 6.30. The summed E-state index contributed by atoms with van der Waals surface area (Å²) in [6.07, 6.45) is 2.06. The molecule has 0 fully saturated rings. The molecule has 0 aliphatic rings. The molecule has 1 N–H and O–H groups in total. The van der Waals surface area contributed by atoms with Crippen LogP contribution in [0.4, 0.5) is 0 Å². The van der Waals surface area contributed by atoms with Crippen LogP contribution in [-0.2, 0) is 0 Å². The molecule has 1 aromatic rings. The molecule has 17 heavy (non-hydrogen) atoms. The molecule has 0 saturated carbocycles. The largest absolute Gasteiger partial charge is 0.507 e. The SMILES string of the molecule is CCC(C)CCOc1cccc(O)c1C(C)=O. The van der Waals surface area contributed by atoms with E-state index < -0.39 is 0 Å². The highest BCUT2D eigenvalue weighted by atomic mass is 16.5. The number of Topliss-reactive ketones (excluding diaryl/α,β-unsaturated/α-hetero) is 1. The lowest BCUT2D eigenvalue weighted by Crippen LogP contribution is -2.06. The van der Waals surface area contributed by atoms with Crippen LogP contribution >= 0.6 is 0 Å². The molecule has 0 bridgehead atoms. The third kappa shape index (κ3) is 3.77. The lowest BCUT2D eigenvalue weighted by atomic mass is 10.1. The number of ether oxygens (including phenoxy) is 1. The number of benzene rings is 1. The number of hydrogen-bond acceptors (Lipinski definition) is 3. The van der Waals surface area contributed by atoms with Crippen LogP contribution in [0, 0.1) is 5.92 Å². The van der Waals surface area contributed by atoms with Gasteiger partial charge in [0.05, 0.1) is 6.61 Å². The number of phenolic OH excluding ortho intramolecular Hbond substituents is 1. The molecule has 0 amide bonds. The quantitative estimate of drug-likeness (QED) is 0.770. The predicted octanol–water partition coefficient (Wildman–Crippen LogP) is 3.41. The third-order valence-electron chi connectivity index (χ3n) is 2.92. The summed E-state index contributed by atoms with van der Waals surface area (Å²) in [5.41, 5.74) is 0.275. The van der Waals surface area contributed by atoms with Crippen molar-refractivity contribution in [2.24, 2.45) is 5.92 Å². The van der Waals surface area contributed by atoms with Crippen LogP contribution < -0.4 is 4.74 Å². The van der Waals surface area contributed by atoms with E-state index in [0.29, 0.717) is 18.3 Å². The zero-order chi connectivity index (χ0) is 12.8. The highest BCUT2D eigenvalue weighted by molar-refractivity contribution is 5.99. The van der Waals surface area contributed by atoms with Gasteiger partial charge in [0.2, 0.25) is 0 Å². The molecular weight excluding hydrogens is 216 g/mol. The summed E-state index contributed by atoms with van der Waals surface area (Å²) in [5, 5.41) is 9.62. The molecule has 1 aromatic carbocycles. The van der Waals surface area contributed by atoms with Gasteiger partial charge in [-0.25, -0.2) is 0 Å². The van der Waals surface area contributed by atoms with Gasteiger partial charge in [0.15, 0.2) is 5.78 Å². The van der Waals surface area contributed by atoms with Gasteiger partial charge in [-0.1, -0.05) is 26.3 Å². The lowest BCUT2D eigenvalue weighted by molar-refractivity contribution is 0.101. The lowest BCUT2D eigenvalue weighted by Gasteiger charge is -2.13. The Bertz CT molecular complexity index is 385. The second-order valence-corrected chi connectivity index (χ2v) is 4.36. The molecular formula is C14H20O3. The zero-order valence-electron chi connectivity index (χ0n) is 10.7. The van der Waals surface area contributed by atoms with E-state index in [1.54, 1.807) is 12.1 Å². The van der Waals surface area contributed by atoms with Crippen LogP contribution in [0.5, 0.6) is 11.5 Å². The van der Waals surface area contributed by atoms with E-state index in [1.165, 1.54) is 13.0 Å². The Hall–Kier alpha value is -1.51. The Morgan fingerprint density at radius 1 is 1.47 bits per heavy atom. The maximum atomic E-state index is 11.4. The minimum Gasteiger partial charge on any atom is -0.507 e. The highest BCUT2D eigenvalue weighted by Crippen LogP contribution is 2.28. The zero-order valence-corrected chi connectivity index (χ0v) is 10.7. The number of hydrogen-bond donors (Lipinski definition) is 1. The maximum absolute atomic E-state index is 11.4. The summed E-state index contributed by atoms with van der Waals surface area (Å²) >= 11 is 0. The van der Waals surface area contributed by atoms with Crippen molar-refractivity contribution in [2.75, 3.05) is 6.61 Å². The van der Waals surface area contributed by atoms with E-state index in [1.807, 2.05) is 0 Å². The normalized spacial score (nSPS) is 12.2. The first kappa shape index (κ1) is 13.6. The standard InChI is InChI=1S/C14H20O3/c1-4-10(2)8-9-17-13-7-5-6-12(16)14(13)11(3)15/h5-7,10,16H,4,8-9H2,1-3H3. The van der Waals surface area contributed by atoms with Gasteiger partial charge >= 0.3 is 0 Å². The van der Waals surface area contributed by atoms with Crippen molar-refractivity contribution >= 4 is 5.78 Å². The molecule has 1 rings (SSSR count). The first-order valence-corrected chi connectivity index (χ1v) is 6.02. The number of carbonyl (C=O) groups is 1. The summed E-state index contributed by atoms with van der Waals surface area (Å²) in [5.74, 6) is 0.883. The van der Waals surface area contributed by atoms with Crippen LogP contribution in [0.1, 0.15) is 44.0 Å². The minimum absolute atomic E-state index is 0.0152. The second kappa shape index (κ2) is 6.28. The molecule has 0 heterocycles. The molecule has 3 heteroatoms. The van der Waals surface area contributed by atoms with Crippen LogP contribution in [0.25, 0.3) is 0 Å². The van der Waals surface area contributed by atoms with Crippen molar-refractivity contribution in [1.29, 1.82) is 0 Å². The fraction of sp³-hybridized carbons (Fsp3) is 0.500. The highest BCUT2D eigenvalue weighted by Gasteiger charge is 2.13. The molecule has 0 aromatic heterocycles. The van der Waals surface area contributed by atoms with Gasteiger partial charge in [0.1, 0.15) is 17.1 Å². The molecule has 0 aliphatic heterocycles. The van der Waals surface area contributed by atoms with E-state index in [-0.39, 0.29) is 17.1 Å². The molecule has 3 nitrogen and oxygen atoms in total. The van der Waals surface area contributed by atoms with Gasteiger partial charge in [-0.15, -0.1) is 0 Å². The third-order valence-corrected chi connectivity index (χ3v) is 2.92. The average Bonchev–Trinajstić information content (AvgIpc) is 2.28. The van der Waals surface area contributed by atoms with Gasteiger partial charge < -0.3 is 9.84 Å². The smallest absolute Gasteiger partial charge is 0.167 e. The second-order valence-electron chi connectivity index (χ2n) is 4.36. The van der Waals surface area contributed by atoms with Crippen molar-refractivity contribution in [3.8, 4) is 11.5 Å². The van der Waals surface area contributed by atoms with Crippen LogP contribution in [0.3, 0.4) is 0 Å². The molecule has 0 spiro atoms. The molecule has 1 unspecified atom stereocenters. The maximum Gasteiger partial charge on any atom is 0.167 e. The minimum atomic E-state index is -0.179. The number of carbonyl (C=O) groups excluding carboxylic acids is 1. The summed E-state index contributed by atoms with van der Waals surface area (Å²) in [6, 6.07) is 4.89. The Labute approximate surface area is 102 Å². The Kier molecular flexibility index (Phi) is 5.01. The number of phenols is 1. The molecule has 0 radical (unpaired) electrons. The van der Waals surface area contributed by atoms with E-state index >= 15 is 0 Å². The summed E-state index contributed by atoms with van der Waals surface area (Å²) < 4.78 is 5.57.